The molecule has 2 aliphatic rings. The normalized spacial score (nSPS) is 17.8. The van der Waals surface area contributed by atoms with Crippen LogP contribution in [0.25, 0.3) is 5.57 Å². The van der Waals surface area contributed by atoms with E-state index >= 15 is 0 Å². The van der Waals surface area contributed by atoms with Crippen molar-refractivity contribution >= 4 is 11.4 Å². The van der Waals surface area contributed by atoms with Crippen molar-refractivity contribution in [2.75, 3.05) is 14.1 Å². The molecule has 0 amide bonds. The van der Waals surface area contributed by atoms with Crippen LogP contribution in [0.3, 0.4) is 0 Å². The summed E-state index contributed by atoms with van der Waals surface area (Å²) in [4.78, 5) is 13.9. The minimum Gasteiger partial charge on any atom is -0.374 e. The van der Waals surface area contributed by atoms with Crippen molar-refractivity contribution in [1.82, 2.24) is 4.90 Å². The van der Waals surface area contributed by atoms with Crippen molar-refractivity contribution < 1.29 is 22.4 Å². The first kappa shape index (κ1) is 15.3. The van der Waals surface area contributed by atoms with Gasteiger partial charge in [0, 0.05) is 19.7 Å². The van der Waals surface area contributed by atoms with Gasteiger partial charge in [-0.05, 0) is 17.2 Å². The van der Waals surface area contributed by atoms with Gasteiger partial charge in [0.05, 0.1) is 11.3 Å². The zero-order valence-electron chi connectivity index (χ0n) is 12.3. The molecule has 6 heteroatoms. The fourth-order valence-electron chi connectivity index (χ4n) is 2.62. The van der Waals surface area contributed by atoms with E-state index in [1.807, 2.05) is 0 Å². The SMILES string of the molecule is CN(C)C1=CC(=C2C(F)=C(F)C(F)=C2F)c2ccccc2C1=O. The molecule has 0 fully saturated rings. The second kappa shape index (κ2) is 5.22. The van der Waals surface area contributed by atoms with E-state index in [1.165, 1.54) is 23.1 Å². The molecule has 0 N–H and O–H groups in total. The van der Waals surface area contributed by atoms with E-state index in [2.05, 4.69) is 0 Å². The van der Waals surface area contributed by atoms with Crippen LogP contribution in [0.4, 0.5) is 17.6 Å². The maximum Gasteiger partial charge on any atom is 0.209 e. The Hall–Kier alpha value is -2.63. The molecule has 0 radical (unpaired) electrons. The number of carbonyl (C=O) groups is 1. The van der Waals surface area contributed by atoms with Gasteiger partial charge >= 0.3 is 0 Å². The molecule has 0 spiro atoms. The average molecular weight is 321 g/mol. The van der Waals surface area contributed by atoms with Gasteiger partial charge in [-0.3, -0.25) is 4.79 Å². The van der Waals surface area contributed by atoms with Crippen molar-refractivity contribution in [2.24, 2.45) is 0 Å². The van der Waals surface area contributed by atoms with Crippen LogP contribution in [0, 0.1) is 0 Å². The molecular formula is C17H11F4NO. The summed E-state index contributed by atoms with van der Waals surface area (Å²) in [5, 5.41) is 0. The van der Waals surface area contributed by atoms with Gasteiger partial charge in [0.2, 0.25) is 5.78 Å². The van der Waals surface area contributed by atoms with Gasteiger partial charge in [0.15, 0.2) is 23.3 Å². The van der Waals surface area contributed by atoms with Crippen LogP contribution in [0.2, 0.25) is 0 Å². The number of likely N-dealkylation sites (N-methyl/N-ethyl adjacent to an activating group) is 1. The van der Waals surface area contributed by atoms with E-state index in [4.69, 9.17) is 0 Å². The van der Waals surface area contributed by atoms with Crippen molar-refractivity contribution in [3.63, 3.8) is 0 Å². The first-order valence-corrected chi connectivity index (χ1v) is 6.73. The number of ketones is 1. The second-order valence-corrected chi connectivity index (χ2v) is 5.34. The molecule has 0 saturated carbocycles. The molecule has 0 bridgehead atoms. The maximum absolute atomic E-state index is 14.0. The summed E-state index contributed by atoms with van der Waals surface area (Å²) in [6.45, 7) is 0. The quantitative estimate of drug-likeness (QED) is 0.715. The summed E-state index contributed by atoms with van der Waals surface area (Å²) >= 11 is 0. The van der Waals surface area contributed by atoms with Crippen LogP contribution in [0.1, 0.15) is 15.9 Å². The number of nitrogens with zero attached hydrogens (tertiary/aromatic N) is 1. The zero-order valence-corrected chi connectivity index (χ0v) is 12.3. The van der Waals surface area contributed by atoms with Gasteiger partial charge in [0.25, 0.3) is 0 Å². The third kappa shape index (κ3) is 2.13. The number of carbonyl (C=O) groups excluding carboxylic acids is 1. The number of hydrogen-bond acceptors (Lipinski definition) is 2. The summed E-state index contributed by atoms with van der Waals surface area (Å²) < 4.78 is 54.7. The molecule has 0 atom stereocenters. The standard InChI is InChI=1S/C17H11F4NO/c1-22(2)11-7-10(8-5-3-4-6-9(8)17(11)23)12-13(18)15(20)16(21)14(12)19/h3-7H,1-2H3. The number of halogens is 4. The molecular weight excluding hydrogens is 310 g/mol. The minimum absolute atomic E-state index is 0.0679. The van der Waals surface area contributed by atoms with Crippen molar-refractivity contribution in [1.29, 1.82) is 0 Å². The fourth-order valence-corrected chi connectivity index (χ4v) is 2.62. The molecule has 23 heavy (non-hydrogen) atoms. The molecule has 0 aliphatic heterocycles. The van der Waals surface area contributed by atoms with Crippen LogP contribution in [0.15, 0.2) is 64.9 Å². The van der Waals surface area contributed by atoms with Gasteiger partial charge in [-0.1, -0.05) is 24.3 Å². The van der Waals surface area contributed by atoms with E-state index in [-0.39, 0.29) is 28.2 Å². The molecule has 0 aromatic heterocycles. The number of fused-ring (bicyclic) bond motifs is 1. The number of benzene rings is 1. The lowest BCUT2D eigenvalue weighted by Crippen LogP contribution is -2.23. The Labute approximate surface area is 129 Å². The number of allylic oxidation sites excluding steroid dienone is 8. The van der Waals surface area contributed by atoms with E-state index in [0.717, 1.165) is 0 Å². The third-order valence-corrected chi connectivity index (χ3v) is 3.74. The summed E-state index contributed by atoms with van der Waals surface area (Å²) in [7, 11) is 3.18. The second-order valence-electron chi connectivity index (χ2n) is 5.34. The van der Waals surface area contributed by atoms with E-state index in [9.17, 15) is 22.4 Å². The van der Waals surface area contributed by atoms with E-state index in [1.54, 1.807) is 26.2 Å². The molecule has 3 rings (SSSR count). The highest BCUT2D eigenvalue weighted by Crippen LogP contribution is 2.45. The topological polar surface area (TPSA) is 20.3 Å². The average Bonchev–Trinajstić information content (AvgIpc) is 2.72. The van der Waals surface area contributed by atoms with Gasteiger partial charge in [0.1, 0.15) is 0 Å². The van der Waals surface area contributed by atoms with Gasteiger partial charge < -0.3 is 4.90 Å². The predicted octanol–water partition coefficient (Wildman–Crippen LogP) is 4.40. The first-order valence-electron chi connectivity index (χ1n) is 6.73. The van der Waals surface area contributed by atoms with Crippen LogP contribution in [-0.2, 0) is 0 Å². The summed E-state index contributed by atoms with van der Waals surface area (Å²) in [6, 6.07) is 6.16. The lowest BCUT2D eigenvalue weighted by molar-refractivity contribution is 0.100. The van der Waals surface area contributed by atoms with Gasteiger partial charge in [-0.2, -0.15) is 0 Å². The molecule has 0 unspecified atom stereocenters. The highest BCUT2D eigenvalue weighted by molar-refractivity contribution is 6.16. The van der Waals surface area contributed by atoms with Crippen molar-refractivity contribution in [3.05, 3.63) is 76.0 Å². The Morgan fingerprint density at radius 2 is 1.35 bits per heavy atom. The minimum atomic E-state index is -1.86. The van der Waals surface area contributed by atoms with Crippen LogP contribution in [-0.4, -0.2) is 24.8 Å². The molecule has 2 nitrogen and oxygen atoms in total. The first-order chi connectivity index (χ1) is 10.8. The van der Waals surface area contributed by atoms with Crippen LogP contribution < -0.4 is 0 Å². The van der Waals surface area contributed by atoms with E-state index < -0.39 is 28.9 Å². The Balaban J connectivity index is 2.39. The van der Waals surface area contributed by atoms with E-state index in [0.29, 0.717) is 0 Å². The molecule has 118 valence electrons. The molecule has 1 aromatic rings. The Bertz CT molecular complexity index is 833. The lowest BCUT2D eigenvalue weighted by Gasteiger charge is -2.24. The molecule has 0 heterocycles. The number of Topliss-reactive ketones (excluding diaryl/α,β-unsaturated/α-hetero) is 1. The Kier molecular flexibility index (Phi) is 3.47. The molecule has 2 aliphatic carbocycles. The monoisotopic (exact) mass is 321 g/mol. The predicted molar refractivity (Wildman–Crippen MR) is 77.9 cm³/mol. The number of hydrogen-bond donors (Lipinski definition) is 0. The van der Waals surface area contributed by atoms with Crippen LogP contribution in [0.5, 0.6) is 0 Å². The van der Waals surface area contributed by atoms with Crippen molar-refractivity contribution in [3.8, 4) is 0 Å². The third-order valence-electron chi connectivity index (χ3n) is 3.74. The number of rotatable bonds is 1. The maximum atomic E-state index is 14.0. The fraction of sp³-hybridized carbons (Fsp3) is 0.118. The molecule has 1 aromatic carbocycles. The summed E-state index contributed by atoms with van der Waals surface area (Å²) in [5.41, 5.74) is -0.263. The van der Waals surface area contributed by atoms with Crippen molar-refractivity contribution in [2.45, 2.75) is 0 Å². The van der Waals surface area contributed by atoms with Gasteiger partial charge in [-0.15, -0.1) is 0 Å². The smallest absolute Gasteiger partial charge is 0.209 e. The zero-order chi connectivity index (χ0) is 16.9. The Morgan fingerprint density at radius 3 is 1.87 bits per heavy atom. The summed E-state index contributed by atoms with van der Waals surface area (Å²) in [5.74, 6) is -7.26. The summed E-state index contributed by atoms with van der Waals surface area (Å²) in [6.07, 6.45) is 1.24. The van der Waals surface area contributed by atoms with Gasteiger partial charge in [-0.25, -0.2) is 17.6 Å². The largest absolute Gasteiger partial charge is 0.374 e. The van der Waals surface area contributed by atoms with Crippen LogP contribution >= 0.6 is 0 Å². The Morgan fingerprint density at radius 1 is 0.826 bits per heavy atom. The molecule has 0 saturated heterocycles. The lowest BCUT2D eigenvalue weighted by atomic mass is 9.86. The highest BCUT2D eigenvalue weighted by atomic mass is 19.2. The highest BCUT2D eigenvalue weighted by Gasteiger charge is 2.36.